The summed E-state index contributed by atoms with van der Waals surface area (Å²) in [6.45, 7) is 0.987. The normalized spacial score (nSPS) is 16.7. The van der Waals surface area contributed by atoms with E-state index in [4.69, 9.17) is 22.0 Å². The maximum absolute atomic E-state index is 9.11. The lowest BCUT2D eigenvalue weighted by Gasteiger charge is -2.42. The van der Waals surface area contributed by atoms with Crippen LogP contribution in [0.2, 0.25) is 5.02 Å². The van der Waals surface area contributed by atoms with Crippen molar-refractivity contribution >= 4 is 17.3 Å². The van der Waals surface area contributed by atoms with E-state index in [2.05, 4.69) is 11.4 Å². The SMILES string of the molecule is N#Cc1cccc(Cl)c1NCC1(CCO)CCC1. The summed E-state index contributed by atoms with van der Waals surface area (Å²) in [7, 11) is 0. The Balaban J connectivity index is 2.08. The summed E-state index contributed by atoms with van der Waals surface area (Å²) < 4.78 is 0. The summed E-state index contributed by atoms with van der Waals surface area (Å²) in [5, 5.41) is 22.0. The van der Waals surface area contributed by atoms with Crippen LogP contribution in [0.25, 0.3) is 0 Å². The molecule has 3 nitrogen and oxygen atoms in total. The molecule has 0 unspecified atom stereocenters. The molecular weight excluding hydrogens is 248 g/mol. The number of anilines is 1. The Morgan fingerprint density at radius 2 is 2.22 bits per heavy atom. The molecule has 0 atom stereocenters. The Morgan fingerprint density at radius 1 is 1.44 bits per heavy atom. The van der Waals surface area contributed by atoms with Crippen molar-refractivity contribution in [1.82, 2.24) is 0 Å². The van der Waals surface area contributed by atoms with E-state index >= 15 is 0 Å². The maximum atomic E-state index is 9.11. The number of benzene rings is 1. The molecule has 0 saturated heterocycles. The predicted molar refractivity (Wildman–Crippen MR) is 72.6 cm³/mol. The van der Waals surface area contributed by atoms with Gasteiger partial charge in [0.25, 0.3) is 0 Å². The summed E-state index contributed by atoms with van der Waals surface area (Å²) in [5.41, 5.74) is 1.47. The van der Waals surface area contributed by atoms with Gasteiger partial charge in [0, 0.05) is 13.2 Å². The van der Waals surface area contributed by atoms with Crippen molar-refractivity contribution in [1.29, 1.82) is 5.26 Å². The zero-order valence-electron chi connectivity index (χ0n) is 10.2. The lowest BCUT2D eigenvalue weighted by atomic mass is 9.66. The van der Waals surface area contributed by atoms with Crippen LogP contribution >= 0.6 is 11.6 Å². The number of nitrogens with zero attached hydrogens (tertiary/aromatic N) is 1. The summed E-state index contributed by atoms with van der Waals surface area (Å²) in [6, 6.07) is 7.46. The summed E-state index contributed by atoms with van der Waals surface area (Å²) in [4.78, 5) is 0. The highest BCUT2D eigenvalue weighted by Gasteiger charge is 2.36. The number of nitriles is 1. The van der Waals surface area contributed by atoms with Gasteiger partial charge < -0.3 is 10.4 Å². The number of hydrogen-bond donors (Lipinski definition) is 2. The molecule has 0 spiro atoms. The number of para-hydroxylation sites is 1. The molecular formula is C14H17ClN2O. The zero-order chi connectivity index (χ0) is 13.0. The standard InChI is InChI=1S/C14H17ClN2O/c15-12-4-1-3-11(9-16)13(12)17-10-14(7-8-18)5-2-6-14/h1,3-4,17-18H,2,5-8,10H2. The second-order valence-electron chi connectivity index (χ2n) is 4.95. The number of halogens is 1. The summed E-state index contributed by atoms with van der Waals surface area (Å²) in [6.07, 6.45) is 4.29. The molecule has 1 aliphatic carbocycles. The van der Waals surface area contributed by atoms with Crippen LogP contribution in [0.1, 0.15) is 31.2 Å². The average Bonchev–Trinajstić information content (AvgIpc) is 2.33. The number of aliphatic hydroxyl groups excluding tert-OH is 1. The lowest BCUT2D eigenvalue weighted by Crippen LogP contribution is -2.37. The van der Waals surface area contributed by atoms with Crippen molar-refractivity contribution in [3.8, 4) is 6.07 Å². The van der Waals surface area contributed by atoms with Crippen molar-refractivity contribution in [3.05, 3.63) is 28.8 Å². The van der Waals surface area contributed by atoms with Crippen LogP contribution in [-0.2, 0) is 0 Å². The third-order valence-corrected chi connectivity index (χ3v) is 4.15. The molecule has 1 fully saturated rings. The molecule has 4 heteroatoms. The smallest absolute Gasteiger partial charge is 0.101 e. The Hall–Kier alpha value is -1.24. The first-order chi connectivity index (χ1) is 8.71. The van der Waals surface area contributed by atoms with E-state index in [0.29, 0.717) is 16.3 Å². The molecule has 1 aromatic carbocycles. The maximum Gasteiger partial charge on any atom is 0.101 e. The summed E-state index contributed by atoms with van der Waals surface area (Å²) >= 11 is 6.11. The van der Waals surface area contributed by atoms with Crippen molar-refractivity contribution < 1.29 is 5.11 Å². The largest absolute Gasteiger partial charge is 0.396 e. The van der Waals surface area contributed by atoms with E-state index in [0.717, 1.165) is 25.8 Å². The van der Waals surface area contributed by atoms with Crippen LogP contribution in [0.4, 0.5) is 5.69 Å². The van der Waals surface area contributed by atoms with Crippen molar-refractivity contribution in [2.45, 2.75) is 25.7 Å². The van der Waals surface area contributed by atoms with Gasteiger partial charge in [0.1, 0.15) is 6.07 Å². The van der Waals surface area contributed by atoms with Crippen LogP contribution < -0.4 is 5.32 Å². The molecule has 0 aromatic heterocycles. The third-order valence-electron chi connectivity index (χ3n) is 3.83. The predicted octanol–water partition coefficient (Wildman–Crippen LogP) is 3.18. The van der Waals surface area contributed by atoms with Crippen molar-refractivity contribution in [2.24, 2.45) is 5.41 Å². The van der Waals surface area contributed by atoms with E-state index < -0.39 is 0 Å². The molecule has 0 bridgehead atoms. The minimum absolute atomic E-state index is 0.181. The molecule has 0 radical (unpaired) electrons. The first kappa shape index (κ1) is 13.2. The van der Waals surface area contributed by atoms with Gasteiger partial charge in [-0.15, -0.1) is 0 Å². The van der Waals surface area contributed by atoms with E-state index in [9.17, 15) is 0 Å². The number of hydrogen-bond acceptors (Lipinski definition) is 3. The molecule has 1 aliphatic rings. The van der Waals surface area contributed by atoms with Gasteiger partial charge in [0.05, 0.1) is 16.3 Å². The number of aliphatic hydroxyl groups is 1. The number of rotatable bonds is 5. The van der Waals surface area contributed by atoms with Crippen LogP contribution in [-0.4, -0.2) is 18.3 Å². The molecule has 1 saturated carbocycles. The van der Waals surface area contributed by atoms with Gasteiger partial charge in [0.15, 0.2) is 0 Å². The monoisotopic (exact) mass is 264 g/mol. The quantitative estimate of drug-likeness (QED) is 0.859. The van der Waals surface area contributed by atoms with Gasteiger partial charge in [-0.05, 0) is 36.8 Å². The van der Waals surface area contributed by atoms with E-state index in [1.807, 2.05) is 0 Å². The van der Waals surface area contributed by atoms with Crippen molar-refractivity contribution in [3.63, 3.8) is 0 Å². The summed E-state index contributed by atoms with van der Waals surface area (Å²) in [5.74, 6) is 0. The molecule has 96 valence electrons. The molecule has 2 rings (SSSR count). The Bertz CT molecular complexity index is 463. The zero-order valence-corrected chi connectivity index (χ0v) is 11.0. The first-order valence-corrected chi connectivity index (χ1v) is 6.62. The Kier molecular flexibility index (Phi) is 4.11. The van der Waals surface area contributed by atoms with E-state index in [1.165, 1.54) is 6.42 Å². The molecule has 0 heterocycles. The van der Waals surface area contributed by atoms with Crippen LogP contribution in [0, 0.1) is 16.7 Å². The molecule has 18 heavy (non-hydrogen) atoms. The minimum Gasteiger partial charge on any atom is -0.396 e. The molecule has 1 aromatic rings. The third kappa shape index (κ3) is 2.60. The lowest BCUT2D eigenvalue weighted by molar-refractivity contribution is 0.102. The van der Waals surface area contributed by atoms with Crippen LogP contribution in [0.15, 0.2) is 18.2 Å². The Morgan fingerprint density at radius 3 is 2.78 bits per heavy atom. The highest BCUT2D eigenvalue weighted by Crippen LogP contribution is 2.44. The fourth-order valence-electron chi connectivity index (χ4n) is 2.50. The fraction of sp³-hybridized carbons (Fsp3) is 0.500. The second kappa shape index (κ2) is 5.60. The molecule has 0 amide bonds. The molecule has 2 N–H and O–H groups in total. The topological polar surface area (TPSA) is 56.0 Å². The van der Waals surface area contributed by atoms with E-state index in [-0.39, 0.29) is 12.0 Å². The van der Waals surface area contributed by atoms with Crippen LogP contribution in [0.5, 0.6) is 0 Å². The minimum atomic E-state index is 0.181. The van der Waals surface area contributed by atoms with Crippen LogP contribution in [0.3, 0.4) is 0 Å². The highest BCUT2D eigenvalue weighted by molar-refractivity contribution is 6.33. The van der Waals surface area contributed by atoms with Gasteiger partial charge in [-0.2, -0.15) is 5.26 Å². The van der Waals surface area contributed by atoms with Gasteiger partial charge in [-0.25, -0.2) is 0 Å². The van der Waals surface area contributed by atoms with E-state index in [1.54, 1.807) is 18.2 Å². The number of nitrogens with one attached hydrogen (secondary N) is 1. The highest BCUT2D eigenvalue weighted by atomic mass is 35.5. The van der Waals surface area contributed by atoms with Crippen molar-refractivity contribution in [2.75, 3.05) is 18.5 Å². The van der Waals surface area contributed by atoms with Gasteiger partial charge >= 0.3 is 0 Å². The average molecular weight is 265 g/mol. The van der Waals surface area contributed by atoms with Gasteiger partial charge in [0.2, 0.25) is 0 Å². The van der Waals surface area contributed by atoms with Gasteiger partial charge in [-0.3, -0.25) is 0 Å². The van der Waals surface area contributed by atoms with Gasteiger partial charge in [-0.1, -0.05) is 24.1 Å². The Labute approximate surface area is 112 Å². The fourth-order valence-corrected chi connectivity index (χ4v) is 2.74. The molecule has 0 aliphatic heterocycles. The first-order valence-electron chi connectivity index (χ1n) is 6.24. The second-order valence-corrected chi connectivity index (χ2v) is 5.36.